The number of rotatable bonds is 22. The van der Waals surface area contributed by atoms with Crippen LogP contribution < -0.4 is 26.2 Å². The lowest BCUT2D eigenvalue weighted by molar-refractivity contribution is 0.589. The zero-order chi connectivity index (χ0) is 83.3. The van der Waals surface area contributed by atoms with Crippen molar-refractivity contribution in [2.75, 3.05) is 22.9 Å². The summed E-state index contributed by atoms with van der Waals surface area (Å²) in [5, 5.41) is 4.56. The highest BCUT2D eigenvalue weighted by molar-refractivity contribution is 7.00. The highest BCUT2D eigenvalue weighted by atomic mass is 16.3. The summed E-state index contributed by atoms with van der Waals surface area (Å²) in [6.45, 7) is 9.00. The fourth-order valence-corrected chi connectivity index (χ4v) is 22.4. The minimum atomic E-state index is -0.462. The summed E-state index contributed by atoms with van der Waals surface area (Å²) in [7, 11) is 0. The summed E-state index contributed by atoms with van der Waals surface area (Å²) in [6.07, 6.45) is 10.7. The molecule has 0 saturated heterocycles. The minimum absolute atomic E-state index is 0.0153. The first kappa shape index (κ1) is 75.9. The number of furan rings is 2. The molecule has 0 amide bonds. The van der Waals surface area contributed by atoms with E-state index in [0.29, 0.717) is 0 Å². The van der Waals surface area contributed by atoms with Gasteiger partial charge in [0.15, 0.2) is 0 Å². The third kappa shape index (κ3) is 12.7. The molecule has 4 heterocycles. The van der Waals surface area contributed by atoms with Crippen molar-refractivity contribution in [1.29, 1.82) is 0 Å². The number of unbranched alkanes of at least 4 members (excludes halogenated alkanes) is 6. The van der Waals surface area contributed by atoms with Crippen LogP contribution in [-0.2, 0) is 29.1 Å². The SMILES string of the molecule is CC(C)(C)c1cc2c3c(c1)N(CCCCCCc1ccccc1-c1ccc4c(c1)C(c1ccccc1)(c1ccccc1)c1ccccc1-4)c1cc(-c4ccc5oc6ccccc6c5c4)ccc1B3c1ccc(-c3ccc4oc5ccccc5c4c3)cc1N2CCCCCCc1ccccc1-c1ccc2c(c1)C(c1ccccc1)(c1ccccc1)c1ccccc1-2. The van der Waals surface area contributed by atoms with Gasteiger partial charge in [0, 0.05) is 57.4 Å². The molecule has 0 unspecified atom stereocenters. The standard InChI is InChI=1S/C120H97BN2O2/c1-118(2,3)92-78-111-117-112(79-92)123(71-35-7-5-13-37-81-39-23-25-49-94(81)87-59-65-98-96-51-27-31-55-104(96)120(106(98)75-87,90-44-18-10-19-45-90)91-46-20-11-21-47-91)110-77-85(83-63-69-116-102(73-83)100-53-29-33-57-114(100)125-116)61-67-108(110)121(117)107-66-60-84(82-62-68-115-101(72-82)99-52-28-32-56-113(99)124-115)76-109(107)122(111)70-34-6-4-12-36-80-38-22-24-48-93(80)86-58-64-97-95-50-26-30-54-103(95)119(105(97)74-86,88-40-14-8-15-41-88)89-42-16-9-17-43-89/h8-11,14-33,38-69,72-79H,4-7,12-13,34-37,70-71H2,1-3H3. The molecule has 0 fully saturated rings. The Bertz CT molecular complexity index is 6870. The zero-order valence-corrected chi connectivity index (χ0v) is 71.2. The van der Waals surface area contributed by atoms with Gasteiger partial charge in [-0.2, -0.15) is 0 Å². The Morgan fingerprint density at radius 3 is 1.02 bits per heavy atom. The van der Waals surface area contributed by atoms with E-state index in [1.165, 1.54) is 167 Å². The normalized spacial score (nSPS) is 13.7. The maximum atomic E-state index is 6.47. The van der Waals surface area contributed by atoms with E-state index in [0.717, 1.165) is 121 Å². The molecule has 19 aromatic rings. The van der Waals surface area contributed by atoms with Crippen LogP contribution in [0.15, 0.2) is 397 Å². The first-order valence-corrected chi connectivity index (χ1v) is 45.4. The maximum absolute atomic E-state index is 6.47. The smallest absolute Gasteiger partial charge is 0.252 e. The first-order chi connectivity index (χ1) is 61.6. The summed E-state index contributed by atoms with van der Waals surface area (Å²) in [5.74, 6) is 0. The van der Waals surface area contributed by atoms with Crippen LogP contribution >= 0.6 is 0 Å². The molecule has 23 rings (SSSR count). The number of benzene rings is 17. The predicted molar refractivity (Wildman–Crippen MR) is 525 cm³/mol. The highest BCUT2D eigenvalue weighted by Crippen LogP contribution is 2.59. The lowest BCUT2D eigenvalue weighted by Gasteiger charge is -2.45. The van der Waals surface area contributed by atoms with Crippen molar-refractivity contribution in [3.63, 3.8) is 0 Å². The molecular weight excluding hydrogens is 1510 g/mol. The molecular formula is C120H97BN2O2. The number of nitrogens with zero attached hydrogens (tertiary/aromatic N) is 2. The average molecular weight is 1610 g/mol. The van der Waals surface area contributed by atoms with Crippen molar-refractivity contribution >= 4 is 89.7 Å². The Balaban J connectivity index is 0.574. The van der Waals surface area contributed by atoms with Crippen LogP contribution in [0.25, 0.3) is 111 Å². The number of hydrogen-bond donors (Lipinski definition) is 0. The van der Waals surface area contributed by atoms with Gasteiger partial charge in [-0.25, -0.2) is 0 Å². The Morgan fingerprint density at radius 1 is 0.256 bits per heavy atom. The number of aryl methyl sites for hydroxylation is 2. The predicted octanol–water partition coefficient (Wildman–Crippen LogP) is 29.2. The topological polar surface area (TPSA) is 32.8 Å². The molecule has 2 aliphatic carbocycles. The van der Waals surface area contributed by atoms with Crippen molar-refractivity contribution in [3.8, 4) is 66.8 Å². The van der Waals surface area contributed by atoms with E-state index in [9.17, 15) is 0 Å². The lowest BCUT2D eigenvalue weighted by atomic mass is 9.33. The molecule has 602 valence electrons. The summed E-state index contributed by atoms with van der Waals surface area (Å²) in [4.78, 5) is 5.54. The second-order valence-corrected chi connectivity index (χ2v) is 36.3. The quantitative estimate of drug-likeness (QED) is 0.0500. The minimum Gasteiger partial charge on any atom is -0.456 e. The van der Waals surface area contributed by atoms with Gasteiger partial charge in [-0.15, -0.1) is 0 Å². The fraction of sp³-hybridized carbons (Fsp3) is 0.150. The van der Waals surface area contributed by atoms with Crippen LogP contribution in [0.2, 0.25) is 0 Å². The fourth-order valence-electron chi connectivity index (χ4n) is 22.4. The number of anilines is 4. The molecule has 0 bridgehead atoms. The van der Waals surface area contributed by atoms with E-state index in [-0.39, 0.29) is 12.1 Å². The third-order valence-electron chi connectivity index (χ3n) is 28.3. The second kappa shape index (κ2) is 31.1. The van der Waals surface area contributed by atoms with Crippen LogP contribution in [0.1, 0.15) is 133 Å². The zero-order valence-electron chi connectivity index (χ0n) is 71.2. The molecule has 0 atom stereocenters. The van der Waals surface area contributed by atoms with E-state index in [1.54, 1.807) is 0 Å². The third-order valence-corrected chi connectivity index (χ3v) is 28.3. The number of para-hydroxylation sites is 2. The van der Waals surface area contributed by atoms with Gasteiger partial charge in [0.25, 0.3) is 6.71 Å². The molecule has 17 aromatic carbocycles. The molecule has 5 heteroatoms. The Labute approximate surface area is 733 Å². The molecule has 0 spiro atoms. The molecule has 0 N–H and O–H groups in total. The van der Waals surface area contributed by atoms with Crippen LogP contribution in [0.3, 0.4) is 0 Å². The molecule has 125 heavy (non-hydrogen) atoms. The van der Waals surface area contributed by atoms with Crippen molar-refractivity contribution in [3.05, 3.63) is 449 Å². The van der Waals surface area contributed by atoms with Gasteiger partial charge < -0.3 is 18.6 Å². The highest BCUT2D eigenvalue weighted by Gasteiger charge is 2.49. The van der Waals surface area contributed by atoms with E-state index >= 15 is 0 Å². The molecule has 0 radical (unpaired) electrons. The van der Waals surface area contributed by atoms with Crippen LogP contribution in [0.4, 0.5) is 22.7 Å². The molecule has 2 aliphatic heterocycles. The Kier molecular flexibility index (Phi) is 18.9. The maximum Gasteiger partial charge on any atom is 0.252 e. The van der Waals surface area contributed by atoms with Crippen molar-refractivity contribution in [1.82, 2.24) is 0 Å². The van der Waals surface area contributed by atoms with Crippen LogP contribution in [-0.4, -0.2) is 19.8 Å². The molecule has 4 nitrogen and oxygen atoms in total. The Hall–Kier alpha value is -14.0. The van der Waals surface area contributed by atoms with Gasteiger partial charge in [0.2, 0.25) is 0 Å². The van der Waals surface area contributed by atoms with Gasteiger partial charge in [0.1, 0.15) is 22.3 Å². The average Bonchev–Trinajstić information content (AvgIpc) is 1.22. The van der Waals surface area contributed by atoms with E-state index < -0.39 is 10.8 Å². The molecule has 0 saturated carbocycles. The lowest BCUT2D eigenvalue weighted by Crippen LogP contribution is -2.62. The number of hydrogen-bond acceptors (Lipinski definition) is 4. The van der Waals surface area contributed by atoms with Gasteiger partial charge in [-0.3, -0.25) is 0 Å². The first-order valence-electron chi connectivity index (χ1n) is 45.4. The second-order valence-electron chi connectivity index (χ2n) is 36.3. The number of fused-ring (bicyclic) bond motifs is 16. The Morgan fingerprint density at radius 2 is 0.592 bits per heavy atom. The van der Waals surface area contributed by atoms with Crippen LogP contribution in [0.5, 0.6) is 0 Å². The van der Waals surface area contributed by atoms with Gasteiger partial charge in [-0.05, 0) is 261 Å². The molecule has 4 aliphatic rings. The molecule has 2 aromatic heterocycles. The summed E-state index contributed by atoms with van der Waals surface area (Å²) in [6, 6.07) is 147. The van der Waals surface area contributed by atoms with Crippen molar-refractivity contribution < 1.29 is 8.83 Å². The van der Waals surface area contributed by atoms with Crippen molar-refractivity contribution in [2.45, 2.75) is 101 Å². The largest absolute Gasteiger partial charge is 0.456 e. The van der Waals surface area contributed by atoms with Crippen molar-refractivity contribution in [2.24, 2.45) is 0 Å². The van der Waals surface area contributed by atoms with E-state index in [2.05, 4.69) is 419 Å². The van der Waals surface area contributed by atoms with E-state index in [1.807, 2.05) is 0 Å². The van der Waals surface area contributed by atoms with Gasteiger partial charge >= 0.3 is 0 Å². The van der Waals surface area contributed by atoms with E-state index in [4.69, 9.17) is 8.83 Å². The van der Waals surface area contributed by atoms with Gasteiger partial charge in [0.05, 0.1) is 10.8 Å². The van der Waals surface area contributed by atoms with Crippen LogP contribution in [0, 0.1) is 0 Å². The van der Waals surface area contributed by atoms with Gasteiger partial charge in [-0.1, -0.05) is 362 Å². The summed E-state index contributed by atoms with van der Waals surface area (Å²) < 4.78 is 12.9. The monoisotopic (exact) mass is 1610 g/mol. The summed E-state index contributed by atoms with van der Waals surface area (Å²) in [5.41, 5.74) is 41.8. The summed E-state index contributed by atoms with van der Waals surface area (Å²) >= 11 is 0.